The predicted octanol–water partition coefficient (Wildman–Crippen LogP) is 7.37. The second kappa shape index (κ2) is 22.7. The van der Waals surface area contributed by atoms with Gasteiger partial charge < -0.3 is 9.84 Å². The third kappa shape index (κ3) is 20.3. The fourth-order valence-corrected chi connectivity index (χ4v) is 3.61. The number of carbonyl (C=O) groups excluding carboxylic acids is 1. The summed E-state index contributed by atoms with van der Waals surface area (Å²) in [6.45, 7) is 2.56. The first-order valence-electron chi connectivity index (χ1n) is 12.3. The van der Waals surface area contributed by atoms with E-state index in [9.17, 15) is 9.59 Å². The van der Waals surface area contributed by atoms with E-state index in [1.807, 2.05) is 6.08 Å². The molecule has 0 aromatic carbocycles. The van der Waals surface area contributed by atoms with Gasteiger partial charge in [-0.05, 0) is 25.0 Å². The molecule has 0 aliphatic heterocycles. The monoisotopic (exact) mass is 442 g/mol. The van der Waals surface area contributed by atoms with Crippen molar-refractivity contribution in [2.24, 2.45) is 5.92 Å². The molecule has 0 amide bonds. The van der Waals surface area contributed by atoms with Gasteiger partial charge in [0.05, 0.1) is 18.9 Å². The smallest absolute Gasteiger partial charge is 0.313 e. The summed E-state index contributed by atoms with van der Waals surface area (Å²) in [6, 6.07) is 0. The number of aliphatic carboxylic acids is 1. The minimum atomic E-state index is -0.979. The first kappa shape index (κ1) is 29.0. The topological polar surface area (TPSA) is 63.6 Å². The molecule has 4 nitrogen and oxygen atoms in total. The summed E-state index contributed by atoms with van der Waals surface area (Å²) in [7, 11) is 0. The molecule has 0 aliphatic carbocycles. The number of hydrogen-bond donors (Lipinski definition) is 2. The number of carboxylic acids is 1. The number of carboxylic acid groups (broad SMARTS) is 1. The van der Waals surface area contributed by atoms with Crippen LogP contribution in [0.25, 0.3) is 0 Å². The zero-order chi connectivity index (χ0) is 22.3. The molecule has 0 aliphatic rings. The van der Waals surface area contributed by atoms with Crippen molar-refractivity contribution in [1.82, 2.24) is 0 Å². The molecule has 1 atom stereocenters. The SMILES string of the molecule is CCCCCCCCCCCCCCCCC=CC(CC(=O)O)C(=O)OCCCS. The van der Waals surface area contributed by atoms with E-state index in [2.05, 4.69) is 19.6 Å². The van der Waals surface area contributed by atoms with Gasteiger partial charge in [0.15, 0.2) is 0 Å². The lowest BCUT2D eigenvalue weighted by Crippen LogP contribution is -2.19. The van der Waals surface area contributed by atoms with Crippen LogP contribution in [0.2, 0.25) is 0 Å². The van der Waals surface area contributed by atoms with Gasteiger partial charge in [-0.3, -0.25) is 9.59 Å². The molecule has 0 aromatic heterocycles. The van der Waals surface area contributed by atoms with Crippen LogP contribution in [0.4, 0.5) is 0 Å². The van der Waals surface area contributed by atoms with Crippen molar-refractivity contribution >= 4 is 24.6 Å². The third-order valence-corrected chi connectivity index (χ3v) is 5.65. The van der Waals surface area contributed by atoms with Crippen LogP contribution in [0.1, 0.15) is 116 Å². The van der Waals surface area contributed by atoms with Crippen LogP contribution in [0, 0.1) is 5.92 Å². The minimum Gasteiger partial charge on any atom is -0.481 e. The highest BCUT2D eigenvalue weighted by atomic mass is 32.1. The van der Waals surface area contributed by atoms with Crippen molar-refractivity contribution in [3.8, 4) is 0 Å². The predicted molar refractivity (Wildman–Crippen MR) is 129 cm³/mol. The summed E-state index contributed by atoms with van der Waals surface area (Å²) in [6.07, 6.45) is 23.7. The van der Waals surface area contributed by atoms with Gasteiger partial charge in [0.2, 0.25) is 0 Å². The molecule has 0 saturated carbocycles. The van der Waals surface area contributed by atoms with Crippen molar-refractivity contribution in [3.63, 3.8) is 0 Å². The van der Waals surface area contributed by atoms with E-state index in [4.69, 9.17) is 9.84 Å². The fraction of sp³-hybridized carbons (Fsp3) is 0.840. The Balaban J connectivity index is 3.63. The van der Waals surface area contributed by atoms with Gasteiger partial charge in [-0.1, -0.05) is 103 Å². The number of hydrogen-bond acceptors (Lipinski definition) is 4. The molecule has 0 saturated heterocycles. The second-order valence-corrected chi connectivity index (χ2v) is 8.71. The quantitative estimate of drug-likeness (QED) is 0.0795. The maximum Gasteiger partial charge on any atom is 0.313 e. The number of thiol groups is 1. The lowest BCUT2D eigenvalue weighted by Gasteiger charge is -2.10. The van der Waals surface area contributed by atoms with E-state index in [-0.39, 0.29) is 6.42 Å². The molecule has 0 fully saturated rings. The van der Waals surface area contributed by atoms with Gasteiger partial charge in [-0.2, -0.15) is 12.6 Å². The van der Waals surface area contributed by atoms with Crippen molar-refractivity contribution in [2.75, 3.05) is 12.4 Å². The second-order valence-electron chi connectivity index (χ2n) is 8.26. The number of unbranched alkanes of at least 4 members (excludes halogenated alkanes) is 14. The molecule has 1 unspecified atom stereocenters. The summed E-state index contributed by atoms with van der Waals surface area (Å²) in [5.41, 5.74) is 0. The molecule has 0 heterocycles. The highest BCUT2D eigenvalue weighted by Crippen LogP contribution is 2.14. The minimum absolute atomic E-state index is 0.213. The van der Waals surface area contributed by atoms with Crippen LogP contribution < -0.4 is 0 Å². The van der Waals surface area contributed by atoms with E-state index in [0.717, 1.165) is 12.8 Å². The Bertz CT molecular complexity index is 437. The Morgan fingerprint density at radius 2 is 1.33 bits per heavy atom. The number of allylic oxidation sites excluding steroid dienone is 1. The maximum atomic E-state index is 12.0. The van der Waals surface area contributed by atoms with E-state index in [1.54, 1.807) is 6.08 Å². The number of rotatable bonds is 22. The average Bonchev–Trinajstić information content (AvgIpc) is 2.72. The normalized spacial score (nSPS) is 12.3. The summed E-state index contributed by atoms with van der Waals surface area (Å²) < 4.78 is 5.12. The van der Waals surface area contributed by atoms with Crippen LogP contribution in [-0.2, 0) is 14.3 Å². The zero-order valence-electron chi connectivity index (χ0n) is 19.3. The lowest BCUT2D eigenvalue weighted by molar-refractivity contribution is -0.151. The first-order chi connectivity index (χ1) is 14.6. The molecule has 0 radical (unpaired) electrons. The molecule has 1 N–H and O–H groups in total. The lowest BCUT2D eigenvalue weighted by atomic mass is 10.0. The zero-order valence-corrected chi connectivity index (χ0v) is 20.2. The Morgan fingerprint density at radius 1 is 0.833 bits per heavy atom. The average molecular weight is 443 g/mol. The molecule has 30 heavy (non-hydrogen) atoms. The number of esters is 1. The van der Waals surface area contributed by atoms with E-state index >= 15 is 0 Å². The number of carbonyl (C=O) groups is 2. The molecular formula is C25H46O4S. The van der Waals surface area contributed by atoms with Crippen molar-refractivity contribution in [1.29, 1.82) is 0 Å². The summed E-state index contributed by atoms with van der Waals surface area (Å²) in [4.78, 5) is 22.9. The van der Waals surface area contributed by atoms with Gasteiger partial charge in [-0.15, -0.1) is 0 Å². The van der Waals surface area contributed by atoms with Gasteiger partial charge in [0.1, 0.15) is 0 Å². The van der Waals surface area contributed by atoms with E-state index in [0.29, 0.717) is 18.8 Å². The van der Waals surface area contributed by atoms with Crippen molar-refractivity contribution in [2.45, 2.75) is 116 Å². The van der Waals surface area contributed by atoms with Crippen LogP contribution in [-0.4, -0.2) is 29.4 Å². The van der Waals surface area contributed by atoms with Crippen molar-refractivity contribution in [3.05, 3.63) is 12.2 Å². The Kier molecular flexibility index (Phi) is 22.0. The van der Waals surface area contributed by atoms with Gasteiger partial charge in [0.25, 0.3) is 0 Å². The third-order valence-electron chi connectivity index (χ3n) is 5.34. The molecule has 0 aromatic rings. The van der Waals surface area contributed by atoms with Crippen LogP contribution in [0.3, 0.4) is 0 Å². The summed E-state index contributed by atoms with van der Waals surface area (Å²) in [5.74, 6) is -1.47. The first-order valence-corrected chi connectivity index (χ1v) is 12.9. The Morgan fingerprint density at radius 3 is 1.80 bits per heavy atom. The van der Waals surface area contributed by atoms with Gasteiger partial charge in [0, 0.05) is 0 Å². The highest BCUT2D eigenvalue weighted by molar-refractivity contribution is 7.80. The molecule has 0 rings (SSSR count). The van der Waals surface area contributed by atoms with Crippen LogP contribution >= 0.6 is 12.6 Å². The summed E-state index contributed by atoms with van der Waals surface area (Å²) >= 11 is 4.07. The van der Waals surface area contributed by atoms with Gasteiger partial charge in [-0.25, -0.2) is 0 Å². The van der Waals surface area contributed by atoms with E-state index in [1.165, 1.54) is 83.5 Å². The Hall–Kier alpha value is -0.970. The van der Waals surface area contributed by atoms with Crippen molar-refractivity contribution < 1.29 is 19.4 Å². The summed E-state index contributed by atoms with van der Waals surface area (Å²) in [5, 5.41) is 8.99. The van der Waals surface area contributed by atoms with Gasteiger partial charge >= 0.3 is 11.9 Å². The molecule has 0 spiro atoms. The largest absolute Gasteiger partial charge is 0.481 e. The molecule has 176 valence electrons. The van der Waals surface area contributed by atoms with Crippen LogP contribution in [0.5, 0.6) is 0 Å². The fourth-order valence-electron chi connectivity index (χ4n) is 3.48. The standard InChI is InChI=1S/C25H46O4S/c1-2-3-4-5-6-7-8-9-10-11-12-13-14-15-16-17-19-23(22-24(26)27)25(28)29-20-18-21-30/h17,19,23,30H,2-16,18,20-22H2,1H3,(H,26,27). The highest BCUT2D eigenvalue weighted by Gasteiger charge is 2.20. The maximum absolute atomic E-state index is 12.0. The van der Waals surface area contributed by atoms with E-state index < -0.39 is 17.9 Å². The molecule has 0 bridgehead atoms. The van der Waals surface area contributed by atoms with Crippen LogP contribution in [0.15, 0.2) is 12.2 Å². The Labute approximate surface area is 190 Å². The molecular weight excluding hydrogens is 396 g/mol. The number of ether oxygens (including phenoxy) is 1. The molecule has 5 heteroatoms.